The van der Waals surface area contributed by atoms with Crippen molar-refractivity contribution in [3.63, 3.8) is 0 Å². The fourth-order valence-corrected chi connectivity index (χ4v) is 0.628. The van der Waals surface area contributed by atoms with Gasteiger partial charge in [-0.25, -0.2) is 0 Å². The lowest BCUT2D eigenvalue weighted by Gasteiger charge is -2.03. The van der Waals surface area contributed by atoms with Gasteiger partial charge in [-0.15, -0.1) is 0 Å². The van der Waals surface area contributed by atoms with Crippen LogP contribution in [0.25, 0.3) is 0 Å². The van der Waals surface area contributed by atoms with Crippen molar-refractivity contribution in [3.8, 4) is 0 Å². The molecule has 0 saturated carbocycles. The number of hydrogen-bond acceptors (Lipinski definition) is 2. The van der Waals surface area contributed by atoms with Gasteiger partial charge in [-0.1, -0.05) is 0 Å². The maximum absolute atomic E-state index is 4.89. The first kappa shape index (κ1) is 5.63. The summed E-state index contributed by atoms with van der Waals surface area (Å²) in [4.78, 5) is 1.94. The summed E-state index contributed by atoms with van der Waals surface area (Å²) in [6.45, 7) is 3.90. The third-order valence-electron chi connectivity index (χ3n) is 1.07. The summed E-state index contributed by atoms with van der Waals surface area (Å²) >= 11 is 0. The third-order valence-corrected chi connectivity index (χ3v) is 1.07. The summed E-state index contributed by atoms with van der Waals surface area (Å²) in [6.07, 6.45) is 1.99. The lowest BCUT2D eigenvalue weighted by Crippen LogP contribution is -2.08. The number of methoxy groups -OCH3 is 1. The van der Waals surface area contributed by atoms with E-state index in [1.165, 1.54) is 0 Å². The first-order chi connectivity index (χ1) is 3.83. The molecular formula is C6H9NO. The fourth-order valence-electron chi connectivity index (χ4n) is 0.628. The van der Waals surface area contributed by atoms with Gasteiger partial charge in [0, 0.05) is 6.54 Å². The van der Waals surface area contributed by atoms with E-state index in [1.54, 1.807) is 7.11 Å². The molecule has 1 heterocycles. The number of rotatable bonds is 1. The van der Waals surface area contributed by atoms with Crippen molar-refractivity contribution in [2.45, 2.75) is 0 Å². The molecule has 0 aromatic rings. The molecule has 1 aliphatic heterocycles. The molecule has 44 valence electrons. The van der Waals surface area contributed by atoms with E-state index in [-0.39, 0.29) is 0 Å². The van der Waals surface area contributed by atoms with Gasteiger partial charge in [-0.3, -0.25) is 4.90 Å². The maximum Gasteiger partial charge on any atom is 0.135 e. The normalized spacial score (nSPS) is 21.0. The molecule has 2 radical (unpaired) electrons. The topological polar surface area (TPSA) is 12.5 Å². The number of nitrogens with zero attached hydrogens (tertiary/aromatic N) is 1. The van der Waals surface area contributed by atoms with Crippen LogP contribution in [0.2, 0.25) is 0 Å². The van der Waals surface area contributed by atoms with E-state index in [1.807, 2.05) is 18.0 Å². The average molecular weight is 111 g/mol. The quantitative estimate of drug-likeness (QED) is 0.488. The van der Waals surface area contributed by atoms with E-state index in [0.29, 0.717) is 0 Å². The molecule has 1 rings (SSSR count). The molecule has 0 amide bonds. The van der Waals surface area contributed by atoms with Crippen LogP contribution < -0.4 is 0 Å². The molecule has 0 N–H and O–H groups in total. The Kier molecular flexibility index (Phi) is 1.53. The Balaban J connectivity index is 2.37. The molecular weight excluding hydrogens is 102 g/mol. The number of hydrogen-bond donors (Lipinski definition) is 0. The molecule has 0 aromatic carbocycles. The Morgan fingerprint density at radius 1 is 1.88 bits per heavy atom. The average Bonchev–Trinajstić information content (AvgIpc) is 2.14. The van der Waals surface area contributed by atoms with Crippen molar-refractivity contribution >= 4 is 0 Å². The Hall–Kier alpha value is -0.500. The van der Waals surface area contributed by atoms with Gasteiger partial charge in [0.15, 0.2) is 0 Å². The third kappa shape index (κ3) is 1.01. The van der Waals surface area contributed by atoms with Crippen LogP contribution >= 0.6 is 0 Å². The molecule has 0 aliphatic carbocycles. The van der Waals surface area contributed by atoms with Crippen molar-refractivity contribution in [3.05, 3.63) is 18.4 Å². The lowest BCUT2D eigenvalue weighted by atomic mass is 10.5. The van der Waals surface area contributed by atoms with Gasteiger partial charge in [-0.05, 0) is 13.1 Å². The second-order valence-electron chi connectivity index (χ2n) is 1.76. The Labute approximate surface area is 49.7 Å². The summed E-state index contributed by atoms with van der Waals surface area (Å²) in [5.74, 6) is 0.840. The molecule has 8 heavy (non-hydrogen) atoms. The zero-order valence-corrected chi connectivity index (χ0v) is 5.14. The Morgan fingerprint density at radius 2 is 2.62 bits per heavy atom. The monoisotopic (exact) mass is 111 g/mol. The highest BCUT2D eigenvalue weighted by molar-refractivity contribution is 5.11. The van der Waals surface area contributed by atoms with Crippen LogP contribution in [0.1, 0.15) is 0 Å². The number of likely N-dealkylation sites (N-methyl/N-ethyl adjacent to an activating group) is 1. The minimum Gasteiger partial charge on any atom is -0.499 e. The first-order valence-corrected chi connectivity index (χ1v) is 2.55. The van der Waals surface area contributed by atoms with E-state index in [4.69, 9.17) is 4.74 Å². The Bertz CT molecular complexity index is 109. The van der Waals surface area contributed by atoms with E-state index in [2.05, 4.69) is 6.54 Å². The SMILES string of the molecule is COC1=CCN(C)[C]1. The molecule has 2 heteroatoms. The van der Waals surface area contributed by atoms with Crippen molar-refractivity contribution < 1.29 is 4.74 Å². The summed E-state index contributed by atoms with van der Waals surface area (Å²) in [5, 5.41) is 0. The van der Waals surface area contributed by atoms with Gasteiger partial charge in [-0.2, -0.15) is 0 Å². The molecule has 0 saturated heterocycles. The van der Waals surface area contributed by atoms with Crippen molar-refractivity contribution in [2.24, 2.45) is 0 Å². The molecule has 0 aromatic heterocycles. The van der Waals surface area contributed by atoms with Crippen LogP contribution in [0.5, 0.6) is 0 Å². The van der Waals surface area contributed by atoms with E-state index < -0.39 is 0 Å². The lowest BCUT2D eigenvalue weighted by molar-refractivity contribution is 0.288. The van der Waals surface area contributed by atoms with Crippen LogP contribution in [0, 0.1) is 6.54 Å². The summed E-state index contributed by atoms with van der Waals surface area (Å²) in [6, 6.07) is 0. The van der Waals surface area contributed by atoms with Crippen molar-refractivity contribution in [2.75, 3.05) is 20.7 Å². The van der Waals surface area contributed by atoms with E-state index in [0.717, 1.165) is 12.3 Å². The number of ether oxygens (including phenoxy) is 1. The van der Waals surface area contributed by atoms with Crippen molar-refractivity contribution in [1.82, 2.24) is 4.90 Å². The highest BCUT2D eigenvalue weighted by Crippen LogP contribution is 2.10. The summed E-state index contributed by atoms with van der Waals surface area (Å²) < 4.78 is 4.89. The van der Waals surface area contributed by atoms with Crippen molar-refractivity contribution in [1.29, 1.82) is 0 Å². The Morgan fingerprint density at radius 3 is 2.88 bits per heavy atom. The molecule has 0 fully saturated rings. The van der Waals surface area contributed by atoms with E-state index in [9.17, 15) is 0 Å². The zero-order chi connectivity index (χ0) is 5.98. The van der Waals surface area contributed by atoms with Crippen LogP contribution in [0.15, 0.2) is 11.8 Å². The predicted molar refractivity (Wildman–Crippen MR) is 31.0 cm³/mol. The molecule has 1 aliphatic rings. The van der Waals surface area contributed by atoms with Gasteiger partial charge in [0.2, 0.25) is 0 Å². The van der Waals surface area contributed by atoms with Crippen LogP contribution in [-0.4, -0.2) is 25.6 Å². The minimum atomic E-state index is 0.840. The second kappa shape index (κ2) is 2.18. The second-order valence-corrected chi connectivity index (χ2v) is 1.76. The predicted octanol–water partition coefficient (Wildman–Crippen LogP) is 0.501. The van der Waals surface area contributed by atoms with Gasteiger partial charge in [0.25, 0.3) is 0 Å². The highest BCUT2D eigenvalue weighted by Gasteiger charge is 2.09. The van der Waals surface area contributed by atoms with Gasteiger partial charge >= 0.3 is 0 Å². The standard InChI is InChI=1S/C6H9NO/c1-7-4-3-6(5-7)8-2/h3H,4H2,1-2H3. The fraction of sp³-hybridized carbons (Fsp3) is 0.500. The summed E-state index contributed by atoms with van der Waals surface area (Å²) in [7, 11) is 3.61. The molecule has 2 nitrogen and oxygen atoms in total. The van der Waals surface area contributed by atoms with Gasteiger partial charge in [0.1, 0.15) is 12.3 Å². The molecule has 0 bridgehead atoms. The van der Waals surface area contributed by atoms with Gasteiger partial charge < -0.3 is 4.74 Å². The zero-order valence-electron chi connectivity index (χ0n) is 5.14. The van der Waals surface area contributed by atoms with Crippen LogP contribution in [-0.2, 0) is 4.74 Å². The smallest absolute Gasteiger partial charge is 0.135 e. The van der Waals surface area contributed by atoms with Crippen LogP contribution in [0.3, 0.4) is 0 Å². The maximum atomic E-state index is 4.89. The molecule has 0 unspecified atom stereocenters. The van der Waals surface area contributed by atoms with E-state index >= 15 is 0 Å². The molecule has 0 spiro atoms. The largest absolute Gasteiger partial charge is 0.499 e. The summed E-state index contributed by atoms with van der Waals surface area (Å²) in [5.41, 5.74) is 0. The van der Waals surface area contributed by atoms with Crippen LogP contribution in [0.4, 0.5) is 0 Å². The molecule has 0 atom stereocenters. The first-order valence-electron chi connectivity index (χ1n) is 2.55. The highest BCUT2D eigenvalue weighted by atomic mass is 16.5. The minimum absolute atomic E-state index is 0.840. The van der Waals surface area contributed by atoms with Gasteiger partial charge in [0.05, 0.1) is 7.11 Å².